The first-order valence-electron chi connectivity index (χ1n) is 6.36. The average Bonchev–Trinajstić information content (AvgIpc) is 2.61. The minimum absolute atomic E-state index is 0.0581. The number of hydrogen-bond donors (Lipinski definition) is 1. The Hall–Kier alpha value is -1.48. The summed E-state index contributed by atoms with van der Waals surface area (Å²) >= 11 is 0. The summed E-state index contributed by atoms with van der Waals surface area (Å²) in [5, 5.41) is 14.9. The summed E-state index contributed by atoms with van der Waals surface area (Å²) in [6.07, 6.45) is 0.699. The molecular weight excluding hydrogens is 284 g/mol. The first-order chi connectivity index (χ1) is 9.18. The smallest absolute Gasteiger partial charge is 0.261 e. The Morgan fingerprint density at radius 3 is 2.50 bits per heavy atom. The normalized spacial score (nSPS) is 13.4. The summed E-state index contributed by atoms with van der Waals surface area (Å²) in [6.45, 7) is 6.86. The molecule has 0 unspecified atom stereocenters. The summed E-state index contributed by atoms with van der Waals surface area (Å²) in [5.41, 5.74) is 0.600. The fourth-order valence-corrected chi connectivity index (χ4v) is 3.14. The van der Waals surface area contributed by atoms with Crippen LogP contribution in [0.2, 0.25) is 0 Å². The lowest BCUT2D eigenvalue weighted by Crippen LogP contribution is -2.35. The van der Waals surface area contributed by atoms with Crippen molar-refractivity contribution in [3.05, 3.63) is 21.5 Å². The van der Waals surface area contributed by atoms with Gasteiger partial charge in [-0.2, -0.15) is 5.10 Å². The van der Waals surface area contributed by atoms with Gasteiger partial charge in [0.1, 0.15) is 11.4 Å². The lowest BCUT2D eigenvalue weighted by molar-refractivity contribution is -0.386. The Morgan fingerprint density at radius 1 is 1.45 bits per heavy atom. The van der Waals surface area contributed by atoms with Gasteiger partial charge in [-0.05, 0) is 27.2 Å². The van der Waals surface area contributed by atoms with Gasteiger partial charge in [-0.25, -0.2) is 13.1 Å². The highest BCUT2D eigenvalue weighted by Crippen LogP contribution is 2.21. The molecule has 20 heavy (non-hydrogen) atoms. The van der Waals surface area contributed by atoms with Gasteiger partial charge in [0.25, 0.3) is 0 Å². The fourth-order valence-electron chi connectivity index (χ4n) is 1.82. The summed E-state index contributed by atoms with van der Waals surface area (Å²) in [7, 11) is -3.41. The van der Waals surface area contributed by atoms with Crippen molar-refractivity contribution >= 4 is 15.7 Å². The van der Waals surface area contributed by atoms with E-state index in [2.05, 4.69) is 9.82 Å². The van der Waals surface area contributed by atoms with Gasteiger partial charge in [0, 0.05) is 6.04 Å². The fraction of sp³-hybridized carbons (Fsp3) is 0.727. The summed E-state index contributed by atoms with van der Waals surface area (Å²) in [6, 6.07) is -0.130. The van der Waals surface area contributed by atoms with Crippen molar-refractivity contribution in [2.24, 2.45) is 0 Å². The number of aryl methyl sites for hydroxylation is 2. The molecule has 1 heterocycles. The van der Waals surface area contributed by atoms with Crippen LogP contribution in [0.5, 0.6) is 0 Å². The molecule has 0 aliphatic carbocycles. The van der Waals surface area contributed by atoms with Crippen LogP contribution >= 0.6 is 0 Å². The Balaban J connectivity index is 2.81. The van der Waals surface area contributed by atoms with E-state index in [-0.39, 0.29) is 24.0 Å². The number of rotatable bonds is 7. The zero-order valence-corrected chi connectivity index (χ0v) is 12.9. The molecule has 0 bridgehead atoms. The molecule has 0 saturated carbocycles. The molecule has 0 aliphatic heterocycles. The Morgan fingerprint density at radius 2 is 2.05 bits per heavy atom. The van der Waals surface area contributed by atoms with Gasteiger partial charge >= 0.3 is 5.69 Å². The number of sulfonamides is 1. The lowest BCUT2D eigenvalue weighted by atomic mass is 10.3. The van der Waals surface area contributed by atoms with Crippen molar-refractivity contribution in [1.82, 2.24) is 14.5 Å². The Bertz CT molecular complexity index is 594. The van der Waals surface area contributed by atoms with Crippen LogP contribution in [0.3, 0.4) is 0 Å². The second-order valence-electron chi connectivity index (χ2n) is 4.75. The number of hydrogen-bond acceptors (Lipinski definition) is 5. The summed E-state index contributed by atoms with van der Waals surface area (Å²) < 4.78 is 27.5. The zero-order valence-electron chi connectivity index (χ0n) is 12.1. The van der Waals surface area contributed by atoms with Crippen LogP contribution in [0.15, 0.2) is 0 Å². The molecule has 0 fully saturated rings. The van der Waals surface area contributed by atoms with Crippen LogP contribution in [0.1, 0.15) is 31.7 Å². The molecule has 0 radical (unpaired) electrons. The molecule has 0 amide bonds. The van der Waals surface area contributed by atoms with Crippen LogP contribution < -0.4 is 4.72 Å². The third-order valence-electron chi connectivity index (χ3n) is 3.09. The minimum Gasteiger partial charge on any atom is -0.261 e. The van der Waals surface area contributed by atoms with Crippen LogP contribution in [-0.4, -0.2) is 34.9 Å². The molecule has 8 nitrogen and oxygen atoms in total. The van der Waals surface area contributed by atoms with Gasteiger partial charge in [-0.3, -0.25) is 14.8 Å². The average molecular weight is 304 g/mol. The van der Waals surface area contributed by atoms with E-state index >= 15 is 0 Å². The monoisotopic (exact) mass is 304 g/mol. The van der Waals surface area contributed by atoms with Crippen molar-refractivity contribution in [2.75, 3.05) is 5.75 Å². The molecular formula is C11H20N4O4S. The van der Waals surface area contributed by atoms with Crippen LogP contribution in [0.25, 0.3) is 0 Å². The predicted octanol–water partition coefficient (Wildman–Crippen LogP) is 1.13. The van der Waals surface area contributed by atoms with E-state index in [9.17, 15) is 18.5 Å². The summed E-state index contributed by atoms with van der Waals surface area (Å²) in [4.78, 5) is 10.4. The minimum atomic E-state index is -3.41. The van der Waals surface area contributed by atoms with Crippen LogP contribution in [0, 0.1) is 24.0 Å². The molecule has 9 heteroatoms. The number of nitrogens with one attached hydrogen (secondary N) is 1. The molecule has 1 aromatic rings. The first kappa shape index (κ1) is 16.6. The highest BCUT2D eigenvalue weighted by Gasteiger charge is 2.22. The predicted molar refractivity (Wildman–Crippen MR) is 75.0 cm³/mol. The SMILES string of the molecule is CC[C@@H](C)NS(=O)(=O)CCn1nc(C)c([N+](=O)[O-])c1C. The summed E-state index contributed by atoms with van der Waals surface area (Å²) in [5.74, 6) is -0.156. The van der Waals surface area contributed by atoms with E-state index < -0.39 is 14.9 Å². The number of nitrogens with zero attached hydrogens (tertiary/aromatic N) is 3. The van der Waals surface area contributed by atoms with Gasteiger partial charge < -0.3 is 0 Å². The van der Waals surface area contributed by atoms with Crippen molar-refractivity contribution in [3.63, 3.8) is 0 Å². The third-order valence-corrected chi connectivity index (χ3v) is 4.57. The van der Waals surface area contributed by atoms with Crippen molar-refractivity contribution in [3.8, 4) is 0 Å². The quantitative estimate of drug-likeness (QED) is 0.600. The number of nitro groups is 1. The van der Waals surface area contributed by atoms with Crippen LogP contribution in [-0.2, 0) is 16.6 Å². The molecule has 1 atom stereocenters. The number of aromatic nitrogens is 2. The van der Waals surface area contributed by atoms with Crippen molar-refractivity contribution in [2.45, 2.75) is 46.7 Å². The molecule has 0 aromatic carbocycles. The van der Waals surface area contributed by atoms with Gasteiger partial charge in [0.2, 0.25) is 10.0 Å². The van der Waals surface area contributed by atoms with E-state index in [4.69, 9.17) is 0 Å². The highest BCUT2D eigenvalue weighted by atomic mass is 32.2. The van der Waals surface area contributed by atoms with Gasteiger partial charge in [-0.1, -0.05) is 6.92 Å². The van der Waals surface area contributed by atoms with Gasteiger partial charge in [0.15, 0.2) is 0 Å². The van der Waals surface area contributed by atoms with E-state index in [1.165, 1.54) is 11.6 Å². The van der Waals surface area contributed by atoms with Crippen molar-refractivity contribution < 1.29 is 13.3 Å². The highest BCUT2D eigenvalue weighted by molar-refractivity contribution is 7.89. The molecule has 0 saturated heterocycles. The Kier molecular flexibility index (Phi) is 5.23. The van der Waals surface area contributed by atoms with E-state index in [1.807, 2.05) is 6.92 Å². The third kappa shape index (κ3) is 4.01. The maximum atomic E-state index is 11.8. The molecule has 1 N–H and O–H groups in total. The molecule has 1 aromatic heterocycles. The van der Waals surface area contributed by atoms with Gasteiger partial charge in [0.05, 0.1) is 17.2 Å². The van der Waals surface area contributed by atoms with Crippen LogP contribution in [0.4, 0.5) is 5.69 Å². The lowest BCUT2D eigenvalue weighted by Gasteiger charge is -2.12. The van der Waals surface area contributed by atoms with Crippen molar-refractivity contribution in [1.29, 1.82) is 0 Å². The maximum Gasteiger partial charge on any atom is 0.312 e. The second kappa shape index (κ2) is 6.31. The second-order valence-corrected chi connectivity index (χ2v) is 6.62. The molecule has 114 valence electrons. The maximum absolute atomic E-state index is 11.8. The standard InChI is InChI=1S/C11H20N4O4S/c1-5-8(2)13-20(18,19)7-6-14-10(4)11(15(16)17)9(3)12-14/h8,13H,5-7H2,1-4H3/t8-/m1/s1. The van der Waals surface area contributed by atoms with E-state index in [0.717, 1.165) is 0 Å². The topological polar surface area (TPSA) is 107 Å². The molecule has 0 aliphatic rings. The van der Waals surface area contributed by atoms with E-state index in [1.54, 1.807) is 13.8 Å². The molecule has 0 spiro atoms. The Labute approximate surface area is 118 Å². The van der Waals surface area contributed by atoms with Gasteiger partial charge in [-0.15, -0.1) is 0 Å². The largest absolute Gasteiger partial charge is 0.312 e. The van der Waals surface area contributed by atoms with E-state index in [0.29, 0.717) is 17.8 Å². The zero-order chi connectivity index (χ0) is 15.5. The first-order valence-corrected chi connectivity index (χ1v) is 8.01. The molecule has 1 rings (SSSR count).